The van der Waals surface area contributed by atoms with Crippen LogP contribution < -0.4 is 0 Å². The molecule has 1 aliphatic heterocycles. The molecule has 3 heteroatoms. The Labute approximate surface area is 118 Å². The van der Waals surface area contributed by atoms with E-state index in [1.54, 1.807) is 0 Å². The number of thiol groups is 1. The number of hydrogen-bond donors (Lipinski definition) is 1. The van der Waals surface area contributed by atoms with E-state index in [0.717, 1.165) is 10.5 Å². The van der Waals surface area contributed by atoms with Crippen molar-refractivity contribution in [2.45, 2.75) is 17.6 Å². The summed E-state index contributed by atoms with van der Waals surface area (Å²) in [7, 11) is 0. The molecular weight excluding hydrogens is 256 g/mol. The van der Waals surface area contributed by atoms with Gasteiger partial charge in [0.15, 0.2) is 5.79 Å². The molecule has 1 fully saturated rings. The molecule has 0 unspecified atom stereocenters. The Balaban J connectivity index is 1.88. The largest absolute Gasteiger partial charge is 0.344 e. The van der Waals surface area contributed by atoms with Gasteiger partial charge in [-0.1, -0.05) is 36.4 Å². The van der Waals surface area contributed by atoms with E-state index >= 15 is 0 Å². The van der Waals surface area contributed by atoms with Crippen molar-refractivity contribution in [3.05, 3.63) is 54.1 Å². The van der Waals surface area contributed by atoms with E-state index in [1.165, 1.54) is 11.1 Å². The zero-order valence-corrected chi connectivity index (χ0v) is 11.7. The van der Waals surface area contributed by atoms with E-state index in [-0.39, 0.29) is 0 Å². The summed E-state index contributed by atoms with van der Waals surface area (Å²) in [5.74, 6) is -0.590. The third-order valence-electron chi connectivity index (χ3n) is 3.45. The van der Waals surface area contributed by atoms with Gasteiger partial charge in [-0.2, -0.15) is 0 Å². The molecule has 0 spiro atoms. The fourth-order valence-electron chi connectivity index (χ4n) is 2.30. The van der Waals surface area contributed by atoms with Gasteiger partial charge in [-0.15, -0.1) is 12.6 Å². The van der Waals surface area contributed by atoms with Crippen LogP contribution in [0.2, 0.25) is 0 Å². The SMILES string of the molecule is CC1(c2ccc(-c3ccc(S)cc3)cc2)OCCO1. The minimum atomic E-state index is -0.590. The first kappa shape index (κ1) is 12.7. The monoisotopic (exact) mass is 272 g/mol. The minimum Gasteiger partial charge on any atom is -0.344 e. The van der Waals surface area contributed by atoms with Gasteiger partial charge in [0.25, 0.3) is 0 Å². The molecule has 0 saturated carbocycles. The lowest BCUT2D eigenvalue weighted by atomic mass is 10.0. The van der Waals surface area contributed by atoms with Crippen LogP contribution in [0.3, 0.4) is 0 Å². The second-order valence-electron chi connectivity index (χ2n) is 4.77. The van der Waals surface area contributed by atoms with Gasteiger partial charge in [-0.3, -0.25) is 0 Å². The van der Waals surface area contributed by atoms with Gasteiger partial charge in [0.2, 0.25) is 0 Å². The molecule has 0 amide bonds. The molecule has 0 radical (unpaired) electrons. The lowest BCUT2D eigenvalue weighted by molar-refractivity contribution is -0.149. The van der Waals surface area contributed by atoms with Crippen LogP contribution in [0, 0.1) is 0 Å². The summed E-state index contributed by atoms with van der Waals surface area (Å²) in [6.45, 7) is 3.27. The summed E-state index contributed by atoms with van der Waals surface area (Å²) in [5.41, 5.74) is 3.42. The summed E-state index contributed by atoms with van der Waals surface area (Å²) in [4.78, 5) is 0.973. The molecule has 1 heterocycles. The van der Waals surface area contributed by atoms with Crippen LogP contribution in [0.4, 0.5) is 0 Å². The van der Waals surface area contributed by atoms with Gasteiger partial charge >= 0.3 is 0 Å². The van der Waals surface area contributed by atoms with Crippen molar-refractivity contribution in [2.24, 2.45) is 0 Å². The predicted molar refractivity (Wildman–Crippen MR) is 78.4 cm³/mol. The second-order valence-corrected chi connectivity index (χ2v) is 5.28. The number of benzene rings is 2. The molecule has 2 aromatic rings. The predicted octanol–water partition coefficient (Wildman–Crippen LogP) is 3.86. The van der Waals surface area contributed by atoms with E-state index in [9.17, 15) is 0 Å². The van der Waals surface area contributed by atoms with Gasteiger partial charge in [-0.05, 0) is 30.2 Å². The highest BCUT2D eigenvalue weighted by Crippen LogP contribution is 2.32. The van der Waals surface area contributed by atoms with Crippen LogP contribution in [0.15, 0.2) is 53.4 Å². The third-order valence-corrected chi connectivity index (χ3v) is 3.75. The fourth-order valence-corrected chi connectivity index (χ4v) is 2.45. The maximum atomic E-state index is 5.66. The average molecular weight is 272 g/mol. The summed E-state index contributed by atoms with van der Waals surface area (Å²) >= 11 is 4.30. The van der Waals surface area contributed by atoms with E-state index in [4.69, 9.17) is 9.47 Å². The number of hydrogen-bond acceptors (Lipinski definition) is 3. The van der Waals surface area contributed by atoms with Gasteiger partial charge in [0.1, 0.15) is 0 Å². The smallest absolute Gasteiger partial charge is 0.192 e. The Bertz CT molecular complexity index is 554. The zero-order valence-electron chi connectivity index (χ0n) is 10.8. The molecule has 1 aliphatic rings. The zero-order chi connectivity index (χ0) is 13.3. The van der Waals surface area contributed by atoms with Gasteiger partial charge in [0, 0.05) is 10.5 Å². The molecule has 0 aromatic heterocycles. The normalized spacial score (nSPS) is 17.6. The quantitative estimate of drug-likeness (QED) is 0.837. The van der Waals surface area contributed by atoms with Gasteiger partial charge in [0.05, 0.1) is 13.2 Å². The Morgan fingerprint density at radius 2 is 1.32 bits per heavy atom. The van der Waals surface area contributed by atoms with Gasteiger partial charge < -0.3 is 9.47 Å². The van der Waals surface area contributed by atoms with Crippen molar-refractivity contribution in [3.8, 4) is 11.1 Å². The van der Waals surface area contributed by atoms with E-state index < -0.39 is 5.79 Å². The van der Waals surface area contributed by atoms with Crippen LogP contribution in [0.25, 0.3) is 11.1 Å². The number of rotatable bonds is 2. The summed E-state index contributed by atoms with van der Waals surface area (Å²) in [6, 6.07) is 16.5. The van der Waals surface area contributed by atoms with Crippen LogP contribution >= 0.6 is 12.6 Å². The van der Waals surface area contributed by atoms with Crippen LogP contribution in [-0.2, 0) is 15.3 Å². The Hall–Kier alpha value is -1.29. The lowest BCUT2D eigenvalue weighted by Crippen LogP contribution is -2.22. The molecule has 0 atom stereocenters. The molecule has 0 aliphatic carbocycles. The fraction of sp³-hybridized carbons (Fsp3) is 0.250. The van der Waals surface area contributed by atoms with Crippen LogP contribution in [0.5, 0.6) is 0 Å². The minimum absolute atomic E-state index is 0.590. The molecule has 0 bridgehead atoms. The van der Waals surface area contributed by atoms with E-state index in [1.807, 2.05) is 19.1 Å². The molecule has 2 nitrogen and oxygen atoms in total. The van der Waals surface area contributed by atoms with Crippen molar-refractivity contribution in [2.75, 3.05) is 13.2 Å². The first-order valence-corrected chi connectivity index (χ1v) is 6.80. The molecule has 2 aromatic carbocycles. The molecule has 19 heavy (non-hydrogen) atoms. The molecular formula is C16H16O2S. The molecule has 98 valence electrons. The topological polar surface area (TPSA) is 18.5 Å². The van der Waals surface area contributed by atoms with Crippen LogP contribution in [-0.4, -0.2) is 13.2 Å². The van der Waals surface area contributed by atoms with E-state index in [0.29, 0.717) is 13.2 Å². The highest BCUT2D eigenvalue weighted by Gasteiger charge is 2.32. The average Bonchev–Trinajstić information content (AvgIpc) is 2.88. The van der Waals surface area contributed by atoms with Crippen molar-refractivity contribution >= 4 is 12.6 Å². The highest BCUT2D eigenvalue weighted by molar-refractivity contribution is 7.80. The third kappa shape index (κ3) is 2.54. The number of ether oxygens (including phenoxy) is 2. The van der Waals surface area contributed by atoms with Crippen molar-refractivity contribution in [1.29, 1.82) is 0 Å². The van der Waals surface area contributed by atoms with Crippen LogP contribution in [0.1, 0.15) is 12.5 Å². The highest BCUT2D eigenvalue weighted by atomic mass is 32.1. The lowest BCUT2D eigenvalue weighted by Gasteiger charge is -2.22. The molecule has 1 saturated heterocycles. The second kappa shape index (κ2) is 5.00. The van der Waals surface area contributed by atoms with Crippen molar-refractivity contribution < 1.29 is 9.47 Å². The summed E-state index contributed by atoms with van der Waals surface area (Å²) < 4.78 is 11.3. The summed E-state index contributed by atoms with van der Waals surface area (Å²) in [6.07, 6.45) is 0. The standard InChI is InChI=1S/C16H16O2S/c1-16(17-10-11-18-16)14-6-2-12(3-7-14)13-4-8-15(19)9-5-13/h2-9,19H,10-11H2,1H3. The Kier molecular flexibility index (Phi) is 3.35. The molecule has 3 rings (SSSR count). The Morgan fingerprint density at radius 1 is 0.842 bits per heavy atom. The molecule has 0 N–H and O–H groups in total. The Morgan fingerprint density at radius 3 is 1.84 bits per heavy atom. The maximum Gasteiger partial charge on any atom is 0.192 e. The first-order valence-electron chi connectivity index (χ1n) is 6.35. The first-order chi connectivity index (χ1) is 9.17. The van der Waals surface area contributed by atoms with Crippen molar-refractivity contribution in [1.82, 2.24) is 0 Å². The maximum absolute atomic E-state index is 5.66. The van der Waals surface area contributed by atoms with Crippen molar-refractivity contribution in [3.63, 3.8) is 0 Å². The van der Waals surface area contributed by atoms with E-state index in [2.05, 4.69) is 49.0 Å². The van der Waals surface area contributed by atoms with Gasteiger partial charge in [-0.25, -0.2) is 0 Å². The summed E-state index contributed by atoms with van der Waals surface area (Å²) in [5, 5.41) is 0.